The number of fused-ring (bicyclic) bond motifs is 1. The van der Waals surface area contributed by atoms with Gasteiger partial charge in [0.25, 0.3) is 0 Å². The Kier molecular flexibility index (Phi) is 25.2. The van der Waals surface area contributed by atoms with Gasteiger partial charge < -0.3 is 11.1 Å². The summed E-state index contributed by atoms with van der Waals surface area (Å²) >= 11 is 0. The van der Waals surface area contributed by atoms with Crippen LogP contribution in [0.3, 0.4) is 0 Å². The number of unbranched alkanes of at least 4 members (excludes halogenated alkanes) is 18. The molecule has 0 aliphatic rings. The summed E-state index contributed by atoms with van der Waals surface area (Å²) in [5.74, 6) is 0. The number of rotatable bonds is 27. The van der Waals surface area contributed by atoms with Gasteiger partial charge in [0.05, 0.1) is 0 Å². The van der Waals surface area contributed by atoms with Crippen LogP contribution in [0, 0.1) is 0 Å². The maximum absolute atomic E-state index is 2.66. The molecular formula is C55H80N2. The second kappa shape index (κ2) is 30.2. The first-order chi connectivity index (χ1) is 27.8. The SMILES string of the molecule is CCCCCCCCCc1ccccc1N(c1ccccc1CCCCCCCCC)c1ccccc1CCCCCCCCC.N.c1ccc2ccccc2c1. The number of hydrogen-bond acceptors (Lipinski definition) is 2. The first-order valence-corrected chi connectivity index (χ1v) is 23.2. The monoisotopic (exact) mass is 769 g/mol. The summed E-state index contributed by atoms with van der Waals surface area (Å²) in [5, 5.41) is 2.62. The molecule has 0 spiro atoms. The molecule has 0 bridgehead atoms. The van der Waals surface area contributed by atoms with Gasteiger partial charge >= 0.3 is 0 Å². The van der Waals surface area contributed by atoms with Gasteiger partial charge in [-0.05, 0) is 84.2 Å². The van der Waals surface area contributed by atoms with Crippen LogP contribution in [-0.4, -0.2) is 0 Å². The molecule has 0 aliphatic heterocycles. The maximum atomic E-state index is 2.66. The molecule has 5 rings (SSSR count). The van der Waals surface area contributed by atoms with E-state index in [0.29, 0.717) is 0 Å². The molecule has 5 aromatic carbocycles. The van der Waals surface area contributed by atoms with Gasteiger partial charge in [0, 0.05) is 17.1 Å². The maximum Gasteiger partial charge on any atom is 0.0493 e. The van der Waals surface area contributed by atoms with Gasteiger partial charge in [0.2, 0.25) is 0 Å². The van der Waals surface area contributed by atoms with Crippen molar-refractivity contribution in [3.05, 3.63) is 138 Å². The van der Waals surface area contributed by atoms with Crippen molar-refractivity contribution in [1.82, 2.24) is 6.15 Å². The molecule has 0 amide bonds. The minimum absolute atomic E-state index is 0. The lowest BCUT2D eigenvalue weighted by molar-refractivity contribution is 0.588. The minimum atomic E-state index is 0. The lowest BCUT2D eigenvalue weighted by Gasteiger charge is -2.31. The summed E-state index contributed by atoms with van der Waals surface area (Å²) in [7, 11) is 0. The van der Waals surface area contributed by atoms with Crippen LogP contribution in [0.25, 0.3) is 10.8 Å². The van der Waals surface area contributed by atoms with Crippen molar-refractivity contribution in [1.29, 1.82) is 0 Å². The highest BCUT2D eigenvalue weighted by molar-refractivity contribution is 5.82. The number of para-hydroxylation sites is 3. The van der Waals surface area contributed by atoms with Crippen LogP contribution >= 0.6 is 0 Å². The van der Waals surface area contributed by atoms with Crippen molar-refractivity contribution in [3.63, 3.8) is 0 Å². The van der Waals surface area contributed by atoms with E-state index in [1.165, 1.54) is 179 Å². The molecule has 57 heavy (non-hydrogen) atoms. The van der Waals surface area contributed by atoms with E-state index in [1.807, 2.05) is 0 Å². The zero-order chi connectivity index (χ0) is 39.3. The molecule has 0 aromatic heterocycles. The molecule has 2 heteroatoms. The van der Waals surface area contributed by atoms with Gasteiger partial charge in [0.1, 0.15) is 0 Å². The fourth-order valence-corrected chi connectivity index (χ4v) is 8.16. The van der Waals surface area contributed by atoms with E-state index < -0.39 is 0 Å². The van der Waals surface area contributed by atoms with Crippen molar-refractivity contribution < 1.29 is 0 Å². The van der Waals surface area contributed by atoms with Gasteiger partial charge in [-0.1, -0.05) is 239 Å². The Hall–Kier alpha value is -3.88. The molecule has 0 fully saturated rings. The highest BCUT2D eigenvalue weighted by Crippen LogP contribution is 2.41. The van der Waals surface area contributed by atoms with Crippen LogP contribution < -0.4 is 11.1 Å². The lowest BCUT2D eigenvalue weighted by Crippen LogP contribution is -2.16. The Labute approximate surface area is 350 Å². The van der Waals surface area contributed by atoms with E-state index in [9.17, 15) is 0 Å². The van der Waals surface area contributed by atoms with Gasteiger partial charge in [-0.15, -0.1) is 0 Å². The zero-order valence-corrected chi connectivity index (χ0v) is 36.7. The van der Waals surface area contributed by atoms with Crippen molar-refractivity contribution in [2.45, 2.75) is 175 Å². The van der Waals surface area contributed by atoms with Crippen molar-refractivity contribution in [3.8, 4) is 0 Å². The average Bonchev–Trinajstić information content (AvgIpc) is 3.24. The third-order valence-electron chi connectivity index (χ3n) is 11.5. The molecule has 2 nitrogen and oxygen atoms in total. The third-order valence-corrected chi connectivity index (χ3v) is 11.5. The zero-order valence-electron chi connectivity index (χ0n) is 36.7. The van der Waals surface area contributed by atoms with Crippen molar-refractivity contribution >= 4 is 27.8 Å². The highest BCUT2D eigenvalue weighted by Gasteiger charge is 2.20. The number of aryl methyl sites for hydroxylation is 3. The Morgan fingerprint density at radius 3 is 0.789 bits per heavy atom. The smallest absolute Gasteiger partial charge is 0.0493 e. The molecule has 0 heterocycles. The van der Waals surface area contributed by atoms with Gasteiger partial charge in [-0.3, -0.25) is 0 Å². The molecule has 0 radical (unpaired) electrons. The van der Waals surface area contributed by atoms with Crippen LogP contribution in [-0.2, 0) is 19.3 Å². The molecule has 0 saturated carbocycles. The second-order valence-corrected chi connectivity index (χ2v) is 16.2. The largest absolute Gasteiger partial charge is 0.344 e. The van der Waals surface area contributed by atoms with E-state index >= 15 is 0 Å². The third kappa shape index (κ3) is 17.7. The normalized spacial score (nSPS) is 10.9. The molecule has 0 unspecified atom stereocenters. The van der Waals surface area contributed by atoms with E-state index in [0.717, 1.165) is 19.3 Å². The first kappa shape index (κ1) is 47.5. The quantitative estimate of drug-likeness (QED) is 0.0540. The average molecular weight is 769 g/mol. The summed E-state index contributed by atoms with van der Waals surface area (Å²) < 4.78 is 0. The van der Waals surface area contributed by atoms with Crippen LogP contribution in [0.1, 0.15) is 172 Å². The molecule has 3 N–H and O–H groups in total. The van der Waals surface area contributed by atoms with Crippen LogP contribution in [0.2, 0.25) is 0 Å². The number of benzene rings is 5. The van der Waals surface area contributed by atoms with Crippen LogP contribution in [0.15, 0.2) is 121 Å². The van der Waals surface area contributed by atoms with Gasteiger partial charge in [0.15, 0.2) is 0 Å². The minimum Gasteiger partial charge on any atom is -0.344 e. The van der Waals surface area contributed by atoms with E-state index in [1.54, 1.807) is 0 Å². The highest BCUT2D eigenvalue weighted by atomic mass is 15.1. The molecule has 310 valence electrons. The summed E-state index contributed by atoms with van der Waals surface area (Å²) in [6.45, 7) is 6.92. The van der Waals surface area contributed by atoms with Crippen molar-refractivity contribution in [2.75, 3.05) is 4.90 Å². The Morgan fingerprint density at radius 1 is 0.281 bits per heavy atom. The second-order valence-electron chi connectivity index (χ2n) is 16.2. The Bertz CT molecular complexity index is 1510. The Balaban J connectivity index is 0.000000678. The molecule has 5 aromatic rings. The predicted molar refractivity (Wildman–Crippen MR) is 255 cm³/mol. The Morgan fingerprint density at radius 2 is 0.509 bits per heavy atom. The van der Waals surface area contributed by atoms with Gasteiger partial charge in [-0.2, -0.15) is 0 Å². The summed E-state index contributed by atoms with van der Waals surface area (Å²) in [4.78, 5) is 2.66. The van der Waals surface area contributed by atoms with Crippen LogP contribution in [0.4, 0.5) is 17.1 Å². The van der Waals surface area contributed by atoms with Crippen molar-refractivity contribution in [2.24, 2.45) is 0 Å². The molecule has 0 saturated heterocycles. The van der Waals surface area contributed by atoms with E-state index in [2.05, 4.69) is 147 Å². The van der Waals surface area contributed by atoms with E-state index in [-0.39, 0.29) is 6.15 Å². The van der Waals surface area contributed by atoms with Crippen LogP contribution in [0.5, 0.6) is 0 Å². The summed E-state index contributed by atoms with van der Waals surface area (Å²) in [5.41, 5.74) is 8.63. The molecule has 0 aliphatic carbocycles. The number of hydrogen-bond donors (Lipinski definition) is 1. The number of nitrogens with zero attached hydrogens (tertiary/aromatic N) is 1. The molecular weight excluding hydrogens is 689 g/mol. The first-order valence-electron chi connectivity index (χ1n) is 23.2. The molecule has 0 atom stereocenters. The summed E-state index contributed by atoms with van der Waals surface area (Å²) in [6, 6.07) is 44.6. The lowest BCUT2D eigenvalue weighted by atomic mass is 9.97. The fourth-order valence-electron chi connectivity index (χ4n) is 8.16. The number of anilines is 3. The van der Waals surface area contributed by atoms with E-state index in [4.69, 9.17) is 0 Å². The fraction of sp³-hybridized carbons (Fsp3) is 0.491. The topological polar surface area (TPSA) is 38.2 Å². The predicted octanol–water partition coefficient (Wildman–Crippen LogP) is 18.0. The van der Waals surface area contributed by atoms with Gasteiger partial charge in [-0.25, -0.2) is 0 Å². The summed E-state index contributed by atoms with van der Waals surface area (Å²) in [6.07, 6.45) is 31.9. The standard InChI is InChI=1S/C45H69N.C10H8.H3N/c1-4-7-10-13-16-19-22-31-40-34-25-28-37-43(40)46(44-38-29-26-35-41(44)32-23-20-17-14-11-8-5-2)45-39-30-27-36-42(45)33-24-21-18-15-12-9-6-3;1-2-6-10-8-4-3-7-9(10)5-1;/h25-30,34-39H,4-24,31-33H2,1-3H3;1-8H;1H3.